The van der Waals surface area contributed by atoms with Crippen LogP contribution in [0.1, 0.15) is 17.4 Å². The molecule has 0 bridgehead atoms. The van der Waals surface area contributed by atoms with Gasteiger partial charge in [-0.05, 0) is 12.5 Å². The van der Waals surface area contributed by atoms with E-state index in [0.717, 1.165) is 13.1 Å². The fraction of sp³-hybridized carbons (Fsp3) is 0.500. The van der Waals surface area contributed by atoms with E-state index in [4.69, 9.17) is 0 Å². The molecule has 1 aliphatic rings. The number of nitrogens with zero attached hydrogens (tertiary/aromatic N) is 2. The molecule has 1 aromatic heterocycles. The summed E-state index contributed by atoms with van der Waals surface area (Å²) in [5.74, 6) is 0.562. The molecule has 0 radical (unpaired) electrons. The fourth-order valence-corrected chi connectivity index (χ4v) is 1.78. The van der Waals surface area contributed by atoms with E-state index < -0.39 is 0 Å². The zero-order valence-corrected chi connectivity index (χ0v) is 8.10. The molecule has 14 heavy (non-hydrogen) atoms. The van der Waals surface area contributed by atoms with Crippen molar-refractivity contribution in [3.8, 4) is 0 Å². The first-order chi connectivity index (χ1) is 6.79. The fourth-order valence-electron chi connectivity index (χ4n) is 1.78. The van der Waals surface area contributed by atoms with Gasteiger partial charge in [0.25, 0.3) is 0 Å². The number of hydrogen-bond acceptors (Lipinski definition) is 4. The second kappa shape index (κ2) is 3.84. The molecule has 2 rings (SSSR count). The predicted octanol–water partition coefficient (Wildman–Crippen LogP) is 0.515. The number of carbonyl (C=O) groups is 1. The highest BCUT2D eigenvalue weighted by Crippen LogP contribution is 2.19. The molecule has 1 N–H and O–H groups in total. The molecule has 1 fully saturated rings. The minimum atomic E-state index is 0.0618. The van der Waals surface area contributed by atoms with Gasteiger partial charge in [-0.3, -0.25) is 9.78 Å². The largest absolute Gasteiger partial charge is 0.316 e. The van der Waals surface area contributed by atoms with E-state index in [-0.39, 0.29) is 11.7 Å². The molecular formula is C10H13N3O. The van der Waals surface area contributed by atoms with E-state index in [9.17, 15) is 4.79 Å². The van der Waals surface area contributed by atoms with Gasteiger partial charge in [0.2, 0.25) is 0 Å². The van der Waals surface area contributed by atoms with E-state index in [0.29, 0.717) is 11.6 Å². The zero-order valence-electron chi connectivity index (χ0n) is 8.10. The van der Waals surface area contributed by atoms with E-state index >= 15 is 0 Å². The molecule has 2 unspecified atom stereocenters. The second-order valence-corrected chi connectivity index (χ2v) is 3.70. The van der Waals surface area contributed by atoms with Crippen molar-refractivity contribution in [1.29, 1.82) is 0 Å². The first kappa shape index (κ1) is 9.27. The van der Waals surface area contributed by atoms with Crippen LogP contribution in [0.2, 0.25) is 0 Å². The van der Waals surface area contributed by atoms with Gasteiger partial charge in [-0.2, -0.15) is 0 Å². The molecule has 2 heterocycles. The third-order valence-electron chi connectivity index (χ3n) is 2.67. The summed E-state index contributed by atoms with van der Waals surface area (Å²) in [6.07, 6.45) is 4.67. The van der Waals surface area contributed by atoms with E-state index in [1.807, 2.05) is 0 Å². The number of Topliss-reactive ketones (excluding diaryl/α,β-unsaturated/α-hetero) is 1. The van der Waals surface area contributed by atoms with Crippen LogP contribution in [0.5, 0.6) is 0 Å². The van der Waals surface area contributed by atoms with Crippen LogP contribution < -0.4 is 5.32 Å². The zero-order chi connectivity index (χ0) is 9.97. The summed E-state index contributed by atoms with van der Waals surface area (Å²) in [7, 11) is 0. The summed E-state index contributed by atoms with van der Waals surface area (Å²) in [5.41, 5.74) is 0.480. The van der Waals surface area contributed by atoms with E-state index in [1.54, 1.807) is 12.4 Å². The Kier molecular flexibility index (Phi) is 2.54. The van der Waals surface area contributed by atoms with Crippen LogP contribution in [-0.4, -0.2) is 28.8 Å². The maximum absolute atomic E-state index is 11.9. The van der Waals surface area contributed by atoms with Gasteiger partial charge in [0.05, 0.1) is 6.20 Å². The number of hydrogen-bond donors (Lipinski definition) is 1. The highest BCUT2D eigenvalue weighted by atomic mass is 16.1. The van der Waals surface area contributed by atoms with Crippen molar-refractivity contribution in [2.24, 2.45) is 11.8 Å². The third-order valence-corrected chi connectivity index (χ3v) is 2.67. The Morgan fingerprint density at radius 3 is 2.93 bits per heavy atom. The maximum Gasteiger partial charge on any atom is 0.187 e. The van der Waals surface area contributed by atoms with Gasteiger partial charge in [0, 0.05) is 24.9 Å². The molecule has 0 aromatic carbocycles. The van der Waals surface area contributed by atoms with Gasteiger partial charge in [0.1, 0.15) is 5.69 Å². The average Bonchev–Trinajstić information content (AvgIpc) is 2.65. The van der Waals surface area contributed by atoms with Gasteiger partial charge in [-0.1, -0.05) is 6.92 Å². The smallest absolute Gasteiger partial charge is 0.187 e. The summed E-state index contributed by atoms with van der Waals surface area (Å²) in [6, 6.07) is 0. The first-order valence-corrected chi connectivity index (χ1v) is 4.80. The normalized spacial score (nSPS) is 26.4. The summed E-state index contributed by atoms with van der Waals surface area (Å²) in [5, 5.41) is 3.20. The minimum Gasteiger partial charge on any atom is -0.316 e. The van der Waals surface area contributed by atoms with Gasteiger partial charge in [-0.15, -0.1) is 0 Å². The summed E-state index contributed by atoms with van der Waals surface area (Å²) >= 11 is 0. The van der Waals surface area contributed by atoms with Crippen LogP contribution in [0.25, 0.3) is 0 Å². The second-order valence-electron chi connectivity index (χ2n) is 3.70. The number of aromatic nitrogens is 2. The topological polar surface area (TPSA) is 54.9 Å². The molecule has 1 aromatic rings. The maximum atomic E-state index is 11.9. The third kappa shape index (κ3) is 1.65. The lowest BCUT2D eigenvalue weighted by molar-refractivity contribution is 0.0902. The molecule has 0 spiro atoms. The van der Waals surface area contributed by atoms with Crippen LogP contribution in [0.3, 0.4) is 0 Å². The lowest BCUT2D eigenvalue weighted by atomic mass is 9.92. The van der Waals surface area contributed by atoms with Crippen molar-refractivity contribution in [2.75, 3.05) is 13.1 Å². The van der Waals surface area contributed by atoms with Crippen LogP contribution in [0.4, 0.5) is 0 Å². The predicted molar refractivity (Wildman–Crippen MR) is 51.9 cm³/mol. The Morgan fingerprint density at radius 2 is 2.36 bits per heavy atom. The molecule has 0 aliphatic carbocycles. The van der Waals surface area contributed by atoms with E-state index in [1.165, 1.54) is 6.20 Å². The van der Waals surface area contributed by atoms with Crippen LogP contribution in [0, 0.1) is 11.8 Å². The monoisotopic (exact) mass is 191 g/mol. The van der Waals surface area contributed by atoms with Crippen molar-refractivity contribution in [3.05, 3.63) is 24.3 Å². The van der Waals surface area contributed by atoms with Crippen molar-refractivity contribution in [3.63, 3.8) is 0 Å². The van der Waals surface area contributed by atoms with E-state index in [2.05, 4.69) is 22.2 Å². The SMILES string of the molecule is CC1CNCC1C(=O)c1cnccn1. The average molecular weight is 191 g/mol. The van der Waals surface area contributed by atoms with Crippen molar-refractivity contribution < 1.29 is 4.79 Å². The van der Waals surface area contributed by atoms with Crippen LogP contribution in [-0.2, 0) is 0 Å². The van der Waals surface area contributed by atoms with Crippen molar-refractivity contribution >= 4 is 5.78 Å². The summed E-state index contributed by atoms with van der Waals surface area (Å²) in [6.45, 7) is 3.76. The number of nitrogens with one attached hydrogen (secondary N) is 1. The van der Waals surface area contributed by atoms with Gasteiger partial charge in [-0.25, -0.2) is 4.98 Å². The van der Waals surface area contributed by atoms with Crippen LogP contribution >= 0.6 is 0 Å². The Hall–Kier alpha value is -1.29. The Labute approximate surface area is 82.8 Å². The molecule has 2 atom stereocenters. The quantitative estimate of drug-likeness (QED) is 0.692. The molecule has 4 nitrogen and oxygen atoms in total. The molecule has 1 saturated heterocycles. The highest BCUT2D eigenvalue weighted by Gasteiger charge is 2.30. The lowest BCUT2D eigenvalue weighted by Gasteiger charge is -2.11. The molecular weight excluding hydrogens is 178 g/mol. The minimum absolute atomic E-state index is 0.0618. The van der Waals surface area contributed by atoms with Gasteiger partial charge < -0.3 is 5.32 Å². The molecule has 0 amide bonds. The number of rotatable bonds is 2. The van der Waals surface area contributed by atoms with Crippen LogP contribution in [0.15, 0.2) is 18.6 Å². The van der Waals surface area contributed by atoms with Gasteiger partial charge >= 0.3 is 0 Å². The summed E-state index contributed by atoms with van der Waals surface area (Å²) < 4.78 is 0. The standard InChI is InChI=1S/C10H13N3O/c1-7-4-12-5-8(7)10(14)9-6-11-2-3-13-9/h2-3,6-8,12H,4-5H2,1H3. The van der Waals surface area contributed by atoms with Gasteiger partial charge in [0.15, 0.2) is 5.78 Å². The molecule has 0 saturated carbocycles. The lowest BCUT2D eigenvalue weighted by Crippen LogP contribution is -2.22. The van der Waals surface area contributed by atoms with Crippen molar-refractivity contribution in [1.82, 2.24) is 15.3 Å². The van der Waals surface area contributed by atoms with Crippen molar-refractivity contribution in [2.45, 2.75) is 6.92 Å². The summed E-state index contributed by atoms with van der Waals surface area (Å²) in [4.78, 5) is 19.8. The Balaban J connectivity index is 2.16. The molecule has 1 aliphatic heterocycles. The first-order valence-electron chi connectivity index (χ1n) is 4.80. The Bertz CT molecular complexity index is 325. The molecule has 4 heteroatoms. The number of carbonyl (C=O) groups excluding carboxylic acids is 1. The Morgan fingerprint density at radius 1 is 1.50 bits per heavy atom. The number of ketones is 1. The molecule has 74 valence electrons. The highest BCUT2D eigenvalue weighted by molar-refractivity contribution is 5.96.